The van der Waals surface area contributed by atoms with E-state index in [1.807, 2.05) is 25.2 Å². The van der Waals surface area contributed by atoms with Crippen molar-refractivity contribution in [1.29, 1.82) is 0 Å². The SMILES string of the molecule is CC.Cc1ccc([At])s1. The maximum absolute atomic E-state index is 2.16. The van der Waals surface area contributed by atoms with Crippen molar-refractivity contribution in [3.63, 3.8) is 0 Å². The summed E-state index contributed by atoms with van der Waals surface area (Å²) in [4.78, 5) is 1.41. The van der Waals surface area contributed by atoms with Crippen molar-refractivity contribution < 1.29 is 24.7 Å². The van der Waals surface area contributed by atoms with E-state index in [4.69, 9.17) is 0 Å². The van der Waals surface area contributed by atoms with Gasteiger partial charge < -0.3 is 0 Å². The molecular formula is C7H11AtS. The molecular weight excluding hydrogens is 326 g/mol. The second-order valence-corrected chi connectivity index (χ2v) is 5.24. The predicted octanol–water partition coefficient (Wildman–Crippen LogP) is 2.26. The van der Waals surface area contributed by atoms with Crippen molar-refractivity contribution in [2.75, 3.05) is 0 Å². The van der Waals surface area contributed by atoms with Crippen LogP contribution in [0.25, 0.3) is 0 Å². The van der Waals surface area contributed by atoms with E-state index < -0.39 is 0 Å². The monoisotopic (exact) mass is 337 g/mol. The molecule has 0 atom stereocenters. The molecule has 0 saturated heterocycles. The van der Waals surface area contributed by atoms with Gasteiger partial charge in [-0.2, -0.15) is 0 Å². The van der Waals surface area contributed by atoms with E-state index in [0.717, 1.165) is 0 Å². The van der Waals surface area contributed by atoms with Gasteiger partial charge in [0, 0.05) is 0 Å². The average molecular weight is 337 g/mol. The molecule has 0 radical (unpaired) electrons. The van der Waals surface area contributed by atoms with Crippen molar-refractivity contribution in [3.8, 4) is 0 Å². The second-order valence-electron chi connectivity index (χ2n) is 1.35. The molecule has 0 nitrogen and oxygen atoms in total. The van der Waals surface area contributed by atoms with Crippen LogP contribution in [0.4, 0.5) is 0 Å². The van der Waals surface area contributed by atoms with E-state index >= 15 is 0 Å². The summed E-state index contributed by atoms with van der Waals surface area (Å²) in [7, 11) is 0. The summed E-state index contributed by atoms with van der Waals surface area (Å²) in [6, 6.07) is 4.32. The van der Waals surface area contributed by atoms with Crippen molar-refractivity contribution in [3.05, 3.63) is 17.0 Å². The maximum atomic E-state index is 2.16. The molecule has 1 aromatic heterocycles. The molecule has 0 bridgehead atoms. The zero-order chi connectivity index (χ0) is 7.28. The Kier molecular flexibility index (Phi) is 5.72. The first-order chi connectivity index (χ1) is 4.29. The minimum atomic E-state index is 1.41. The molecule has 0 aliphatic heterocycles. The van der Waals surface area contributed by atoms with Gasteiger partial charge in [-0.1, -0.05) is 13.8 Å². The summed E-state index contributed by atoms with van der Waals surface area (Å²) in [5.74, 6) is 0. The van der Waals surface area contributed by atoms with Crippen molar-refractivity contribution in [2.24, 2.45) is 0 Å². The summed E-state index contributed by atoms with van der Waals surface area (Å²) >= 11 is 3.63. The third-order valence-corrected chi connectivity index (χ3v) is 2.89. The van der Waals surface area contributed by atoms with Gasteiger partial charge in [-0.05, 0) is 0 Å². The summed E-state index contributed by atoms with van der Waals surface area (Å²) < 4.78 is 1.46. The van der Waals surface area contributed by atoms with Gasteiger partial charge in [-0.15, -0.1) is 0 Å². The van der Waals surface area contributed by atoms with Gasteiger partial charge in [0.15, 0.2) is 0 Å². The van der Waals surface area contributed by atoms with Crippen LogP contribution in [-0.4, -0.2) is 0 Å². The first-order valence-electron chi connectivity index (χ1n) is 3.01. The normalized spacial score (nSPS) is 8.00. The van der Waals surface area contributed by atoms with Gasteiger partial charge >= 0.3 is 62.6 Å². The van der Waals surface area contributed by atoms with E-state index in [1.54, 1.807) is 24.7 Å². The second kappa shape index (κ2) is 5.37. The Morgan fingerprint density at radius 3 is 2.00 bits per heavy atom. The average Bonchev–Trinajstić information content (AvgIpc) is 2.20. The van der Waals surface area contributed by atoms with Gasteiger partial charge in [0.25, 0.3) is 0 Å². The molecule has 52 valence electrons. The molecule has 0 aromatic carbocycles. The van der Waals surface area contributed by atoms with Gasteiger partial charge in [-0.25, -0.2) is 0 Å². The zero-order valence-corrected chi connectivity index (χ0v) is 9.70. The number of hydrogen-bond acceptors (Lipinski definition) is 1. The van der Waals surface area contributed by atoms with Crippen LogP contribution in [0.2, 0.25) is 0 Å². The molecule has 1 heterocycles. The standard InChI is InChI=1S/C5H5AtS.C2H6/c1-4-2-3-5(6)7-4;1-2/h2-3H,1H3;1-2H3. The Morgan fingerprint density at radius 2 is 1.89 bits per heavy atom. The van der Waals surface area contributed by atoms with E-state index in [1.165, 1.54) is 7.46 Å². The van der Waals surface area contributed by atoms with Crippen LogP contribution in [0.3, 0.4) is 0 Å². The van der Waals surface area contributed by atoms with Crippen molar-refractivity contribution in [1.82, 2.24) is 0 Å². The van der Waals surface area contributed by atoms with E-state index in [2.05, 4.69) is 19.1 Å². The van der Waals surface area contributed by atoms with Crippen LogP contribution in [-0.2, 0) is 0 Å². The van der Waals surface area contributed by atoms with Crippen LogP contribution in [0.5, 0.6) is 0 Å². The van der Waals surface area contributed by atoms with Gasteiger partial charge in [-0.3, -0.25) is 0 Å². The molecule has 0 amide bonds. The van der Waals surface area contributed by atoms with Crippen molar-refractivity contribution >= 4 is 13.9 Å². The minimum absolute atomic E-state index is 1.41. The molecule has 1 aromatic rings. The molecule has 9 heavy (non-hydrogen) atoms. The molecule has 0 unspecified atom stereocenters. The fourth-order valence-electron chi connectivity index (χ4n) is 0.405. The number of aryl methyl sites for hydroxylation is 1. The molecule has 0 N–H and O–H groups in total. The molecule has 0 spiro atoms. The van der Waals surface area contributed by atoms with Crippen LogP contribution in [0, 0.1) is 31.6 Å². The van der Waals surface area contributed by atoms with E-state index in [9.17, 15) is 0 Å². The summed E-state index contributed by atoms with van der Waals surface area (Å²) in [6.45, 7) is 6.13. The summed E-state index contributed by atoms with van der Waals surface area (Å²) in [5.41, 5.74) is 0. The third-order valence-electron chi connectivity index (χ3n) is 0.708. The van der Waals surface area contributed by atoms with Crippen LogP contribution >= 0.6 is 11.3 Å². The Hall–Kier alpha value is 0.583. The number of hydrogen-bond donors (Lipinski definition) is 0. The fourth-order valence-corrected chi connectivity index (χ4v) is 2.65. The fraction of sp³-hybridized carbons (Fsp3) is 0.429. The molecule has 0 aliphatic rings. The van der Waals surface area contributed by atoms with Crippen LogP contribution in [0.15, 0.2) is 12.1 Å². The Morgan fingerprint density at radius 1 is 1.33 bits per heavy atom. The van der Waals surface area contributed by atoms with Gasteiger partial charge in [0.05, 0.1) is 0 Å². The molecule has 2 heteroatoms. The van der Waals surface area contributed by atoms with E-state index in [0.29, 0.717) is 0 Å². The molecule has 1 rings (SSSR count). The quantitative estimate of drug-likeness (QED) is 0.681. The third kappa shape index (κ3) is 4.05. The topological polar surface area (TPSA) is 0 Å². The molecule has 0 fully saturated rings. The van der Waals surface area contributed by atoms with Gasteiger partial charge in [0.2, 0.25) is 0 Å². The van der Waals surface area contributed by atoms with Crippen LogP contribution in [0.1, 0.15) is 18.7 Å². The number of rotatable bonds is 0. The number of thiophene rings is 1. The molecule has 0 aliphatic carbocycles. The van der Waals surface area contributed by atoms with Crippen LogP contribution < -0.4 is 2.59 Å². The molecule has 0 saturated carbocycles. The predicted molar refractivity (Wildman–Crippen MR) is 40.0 cm³/mol. The van der Waals surface area contributed by atoms with Gasteiger partial charge in [0.1, 0.15) is 0 Å². The van der Waals surface area contributed by atoms with Crippen molar-refractivity contribution in [2.45, 2.75) is 20.8 Å². The summed E-state index contributed by atoms with van der Waals surface area (Å²) in [6.07, 6.45) is 0. The Labute approximate surface area is 76.1 Å². The Balaban J connectivity index is 0.000000291. The first-order valence-corrected chi connectivity index (χ1v) is 5.29. The first kappa shape index (κ1) is 9.58. The zero-order valence-electron chi connectivity index (χ0n) is 5.94. The Bertz CT molecular complexity index is 141. The van der Waals surface area contributed by atoms with E-state index in [-0.39, 0.29) is 0 Å². The summed E-state index contributed by atoms with van der Waals surface area (Å²) in [5, 5.41) is 0.